The molecule has 0 atom stereocenters. The summed E-state index contributed by atoms with van der Waals surface area (Å²) in [5.74, 6) is -0.878. The van der Waals surface area contributed by atoms with E-state index in [1.165, 1.54) is 13.0 Å². The highest BCUT2D eigenvalue weighted by atomic mass is 19.1. The van der Waals surface area contributed by atoms with E-state index in [2.05, 4.69) is 0 Å². The molecule has 0 heterocycles. The number of nitro groups is 1. The Kier molecular flexibility index (Phi) is 2.57. The van der Waals surface area contributed by atoms with Gasteiger partial charge in [0.2, 0.25) is 5.82 Å². The maximum absolute atomic E-state index is 13.1. The number of aliphatic hydroxyl groups is 1. The lowest BCUT2D eigenvalue weighted by Gasteiger charge is -2.02. The molecule has 13 heavy (non-hydrogen) atoms. The Balaban J connectivity index is 3.31. The Morgan fingerprint density at radius 1 is 1.62 bits per heavy atom. The highest BCUT2D eigenvalue weighted by Crippen LogP contribution is 2.22. The minimum absolute atomic E-state index is 0.122. The first kappa shape index (κ1) is 9.60. The van der Waals surface area contributed by atoms with Gasteiger partial charge in [-0.05, 0) is 24.1 Å². The summed E-state index contributed by atoms with van der Waals surface area (Å²) in [6, 6.07) is 2.39. The lowest BCUT2D eigenvalue weighted by Crippen LogP contribution is -1.98. The van der Waals surface area contributed by atoms with E-state index in [9.17, 15) is 14.5 Å². The normalized spacial score (nSPS) is 10.1. The first-order valence-electron chi connectivity index (χ1n) is 3.61. The first-order valence-corrected chi connectivity index (χ1v) is 3.61. The fourth-order valence-corrected chi connectivity index (χ4v) is 1.02. The SMILES string of the molecule is Cc1c(CO)ccc([N+](=O)[O-])c1F. The molecule has 1 rings (SSSR count). The van der Waals surface area contributed by atoms with Gasteiger partial charge >= 0.3 is 5.69 Å². The third-order valence-electron chi connectivity index (χ3n) is 1.85. The topological polar surface area (TPSA) is 63.4 Å². The summed E-state index contributed by atoms with van der Waals surface area (Å²) in [6.45, 7) is 1.08. The molecular formula is C8H8FNO3. The second-order valence-corrected chi connectivity index (χ2v) is 2.60. The Labute approximate surface area is 73.8 Å². The number of hydrogen-bond acceptors (Lipinski definition) is 3. The predicted octanol–water partition coefficient (Wildman–Crippen LogP) is 1.53. The van der Waals surface area contributed by atoms with Crippen molar-refractivity contribution in [3.05, 3.63) is 39.2 Å². The molecule has 0 saturated carbocycles. The van der Waals surface area contributed by atoms with Crippen LogP contribution in [0.15, 0.2) is 12.1 Å². The number of hydrogen-bond donors (Lipinski definition) is 1. The van der Waals surface area contributed by atoms with E-state index < -0.39 is 16.4 Å². The number of rotatable bonds is 2. The van der Waals surface area contributed by atoms with Crippen molar-refractivity contribution in [2.45, 2.75) is 13.5 Å². The van der Waals surface area contributed by atoms with E-state index in [0.717, 1.165) is 6.07 Å². The molecular weight excluding hydrogens is 177 g/mol. The van der Waals surface area contributed by atoms with Gasteiger partial charge in [0.1, 0.15) is 0 Å². The molecule has 0 spiro atoms. The van der Waals surface area contributed by atoms with Crippen LogP contribution in [0.4, 0.5) is 10.1 Å². The van der Waals surface area contributed by atoms with Crippen molar-refractivity contribution >= 4 is 5.69 Å². The summed E-state index contributed by atoms with van der Waals surface area (Å²) < 4.78 is 13.1. The van der Waals surface area contributed by atoms with Crippen LogP contribution >= 0.6 is 0 Å². The third-order valence-corrected chi connectivity index (χ3v) is 1.85. The second kappa shape index (κ2) is 3.49. The van der Waals surface area contributed by atoms with Gasteiger partial charge in [-0.25, -0.2) is 0 Å². The number of halogens is 1. The quantitative estimate of drug-likeness (QED) is 0.561. The van der Waals surface area contributed by atoms with Crippen molar-refractivity contribution in [2.75, 3.05) is 0 Å². The van der Waals surface area contributed by atoms with Crippen LogP contribution in [0.1, 0.15) is 11.1 Å². The Hall–Kier alpha value is -1.49. The molecule has 0 saturated heterocycles. The van der Waals surface area contributed by atoms with Gasteiger partial charge in [0, 0.05) is 6.07 Å². The molecule has 4 nitrogen and oxygen atoms in total. The largest absolute Gasteiger partial charge is 0.392 e. The molecule has 70 valence electrons. The maximum atomic E-state index is 13.1. The maximum Gasteiger partial charge on any atom is 0.305 e. The van der Waals surface area contributed by atoms with Gasteiger partial charge in [-0.1, -0.05) is 0 Å². The fourth-order valence-electron chi connectivity index (χ4n) is 1.02. The highest BCUT2D eigenvalue weighted by molar-refractivity contribution is 5.40. The minimum atomic E-state index is -0.878. The van der Waals surface area contributed by atoms with Crippen LogP contribution in [0.3, 0.4) is 0 Å². The molecule has 0 fully saturated rings. The van der Waals surface area contributed by atoms with E-state index in [4.69, 9.17) is 5.11 Å². The minimum Gasteiger partial charge on any atom is -0.392 e. The Bertz CT molecular complexity index is 351. The van der Waals surface area contributed by atoms with E-state index in [1.54, 1.807) is 0 Å². The number of aliphatic hydroxyl groups excluding tert-OH is 1. The molecule has 0 bridgehead atoms. The lowest BCUT2D eigenvalue weighted by molar-refractivity contribution is -0.387. The van der Waals surface area contributed by atoms with Crippen molar-refractivity contribution in [3.63, 3.8) is 0 Å². The fraction of sp³-hybridized carbons (Fsp3) is 0.250. The summed E-state index contributed by atoms with van der Waals surface area (Å²) in [5, 5.41) is 19.0. The van der Waals surface area contributed by atoms with Crippen molar-refractivity contribution in [3.8, 4) is 0 Å². The smallest absolute Gasteiger partial charge is 0.305 e. The van der Waals surface area contributed by atoms with Crippen molar-refractivity contribution in [1.82, 2.24) is 0 Å². The van der Waals surface area contributed by atoms with Crippen LogP contribution in [0.25, 0.3) is 0 Å². The van der Waals surface area contributed by atoms with Gasteiger partial charge in [0.25, 0.3) is 0 Å². The van der Waals surface area contributed by atoms with Gasteiger partial charge in [0.15, 0.2) is 0 Å². The number of nitro benzene ring substituents is 1. The first-order chi connectivity index (χ1) is 6.07. The monoisotopic (exact) mass is 185 g/mol. The van der Waals surface area contributed by atoms with Crippen LogP contribution in [-0.2, 0) is 6.61 Å². The van der Waals surface area contributed by atoms with Crippen LogP contribution in [0, 0.1) is 22.9 Å². The zero-order chi connectivity index (χ0) is 10.0. The Morgan fingerprint density at radius 3 is 2.69 bits per heavy atom. The molecule has 0 aliphatic rings. The van der Waals surface area contributed by atoms with E-state index in [-0.39, 0.29) is 12.2 Å². The van der Waals surface area contributed by atoms with Crippen molar-refractivity contribution in [2.24, 2.45) is 0 Å². The Morgan fingerprint density at radius 2 is 2.23 bits per heavy atom. The zero-order valence-electron chi connectivity index (χ0n) is 6.95. The zero-order valence-corrected chi connectivity index (χ0v) is 6.95. The summed E-state index contributed by atoms with van der Waals surface area (Å²) in [4.78, 5) is 9.49. The molecule has 0 unspecified atom stereocenters. The average Bonchev–Trinajstić information content (AvgIpc) is 2.09. The van der Waals surface area contributed by atoms with Crippen LogP contribution in [0.5, 0.6) is 0 Å². The summed E-state index contributed by atoms with van der Waals surface area (Å²) in [7, 11) is 0. The van der Waals surface area contributed by atoms with E-state index >= 15 is 0 Å². The summed E-state index contributed by atoms with van der Waals surface area (Å²) in [6.07, 6.45) is 0. The number of benzene rings is 1. The third kappa shape index (κ3) is 1.65. The van der Waals surface area contributed by atoms with Gasteiger partial charge in [0.05, 0.1) is 11.5 Å². The van der Waals surface area contributed by atoms with E-state index in [1.807, 2.05) is 0 Å². The van der Waals surface area contributed by atoms with Gasteiger partial charge in [-0.3, -0.25) is 10.1 Å². The van der Waals surface area contributed by atoms with Gasteiger partial charge in [-0.15, -0.1) is 0 Å². The molecule has 0 amide bonds. The summed E-state index contributed by atoms with van der Waals surface area (Å²) in [5.41, 5.74) is -0.0745. The molecule has 0 aromatic heterocycles. The molecule has 1 N–H and O–H groups in total. The van der Waals surface area contributed by atoms with E-state index in [0.29, 0.717) is 5.56 Å². The number of nitrogens with zero attached hydrogens (tertiary/aromatic N) is 1. The van der Waals surface area contributed by atoms with Gasteiger partial charge < -0.3 is 5.11 Å². The van der Waals surface area contributed by atoms with Crippen LogP contribution in [-0.4, -0.2) is 10.0 Å². The molecule has 1 aromatic carbocycles. The van der Waals surface area contributed by atoms with Crippen LogP contribution < -0.4 is 0 Å². The standard InChI is InChI=1S/C8H8FNO3/c1-5-6(4-11)2-3-7(8(5)9)10(12)13/h2-3,11H,4H2,1H3. The average molecular weight is 185 g/mol. The molecule has 1 aromatic rings. The highest BCUT2D eigenvalue weighted by Gasteiger charge is 2.17. The summed E-state index contributed by atoms with van der Waals surface area (Å²) >= 11 is 0. The molecule has 0 aliphatic heterocycles. The predicted molar refractivity (Wildman–Crippen MR) is 43.7 cm³/mol. The molecule has 0 radical (unpaired) electrons. The molecule has 0 aliphatic carbocycles. The molecule has 5 heteroatoms. The van der Waals surface area contributed by atoms with Crippen LogP contribution in [0.2, 0.25) is 0 Å². The van der Waals surface area contributed by atoms with Gasteiger partial charge in [-0.2, -0.15) is 4.39 Å². The lowest BCUT2D eigenvalue weighted by atomic mass is 10.1. The van der Waals surface area contributed by atoms with Crippen molar-refractivity contribution < 1.29 is 14.4 Å². The van der Waals surface area contributed by atoms with Crippen molar-refractivity contribution in [1.29, 1.82) is 0 Å². The second-order valence-electron chi connectivity index (χ2n) is 2.60.